The molecule has 0 bridgehead atoms. The fourth-order valence-electron chi connectivity index (χ4n) is 4.51. The highest BCUT2D eigenvalue weighted by molar-refractivity contribution is 7.99. The van der Waals surface area contributed by atoms with E-state index in [1.54, 1.807) is 11.8 Å². The van der Waals surface area contributed by atoms with Gasteiger partial charge in [0.05, 0.1) is 12.0 Å². The second kappa shape index (κ2) is 10.8. The van der Waals surface area contributed by atoms with Gasteiger partial charge in [-0.2, -0.15) is 0 Å². The van der Waals surface area contributed by atoms with Gasteiger partial charge in [-0.3, -0.25) is 4.79 Å². The summed E-state index contributed by atoms with van der Waals surface area (Å²) >= 11 is 1.73. The number of ether oxygens (including phenoxy) is 1. The molecule has 3 aromatic carbocycles. The first-order chi connectivity index (χ1) is 15.7. The smallest absolute Gasteiger partial charge is 0.316 e. The molecule has 4 heteroatoms. The van der Waals surface area contributed by atoms with Crippen LogP contribution in [0.4, 0.5) is 0 Å². The highest BCUT2D eigenvalue weighted by Gasteiger charge is 2.45. The average molecular weight is 446 g/mol. The van der Waals surface area contributed by atoms with Crippen molar-refractivity contribution in [1.82, 2.24) is 4.90 Å². The molecule has 0 N–H and O–H groups in total. The summed E-state index contributed by atoms with van der Waals surface area (Å²) in [5.41, 5.74) is 1.88. The summed E-state index contributed by atoms with van der Waals surface area (Å²) in [4.78, 5) is 18.2. The monoisotopic (exact) mass is 445 g/mol. The van der Waals surface area contributed by atoms with Crippen molar-refractivity contribution in [3.8, 4) is 0 Å². The zero-order valence-electron chi connectivity index (χ0n) is 18.7. The lowest BCUT2D eigenvalue weighted by Crippen LogP contribution is -2.48. The molecule has 1 aliphatic rings. The Balaban J connectivity index is 1.54. The molecule has 0 amide bonds. The van der Waals surface area contributed by atoms with E-state index in [1.807, 2.05) is 19.1 Å². The predicted molar refractivity (Wildman–Crippen MR) is 131 cm³/mol. The Bertz CT molecular complexity index is 998. The molecule has 166 valence electrons. The molecule has 0 saturated carbocycles. The SMILES string of the molecule is CCOC(=O)C1(c2ccccc2Sc2ccccc2)CCN(CCc2ccccc2)CC1. The van der Waals surface area contributed by atoms with Crippen LogP contribution in [0.15, 0.2) is 94.7 Å². The third-order valence-electron chi connectivity index (χ3n) is 6.31. The zero-order valence-corrected chi connectivity index (χ0v) is 19.5. The minimum Gasteiger partial charge on any atom is -0.465 e. The van der Waals surface area contributed by atoms with Gasteiger partial charge < -0.3 is 9.64 Å². The third kappa shape index (κ3) is 5.25. The largest absolute Gasteiger partial charge is 0.465 e. The van der Waals surface area contributed by atoms with Crippen molar-refractivity contribution in [3.63, 3.8) is 0 Å². The van der Waals surface area contributed by atoms with Gasteiger partial charge in [-0.25, -0.2) is 0 Å². The first kappa shape index (κ1) is 22.6. The third-order valence-corrected chi connectivity index (χ3v) is 7.39. The Morgan fingerprint density at radius 2 is 1.53 bits per heavy atom. The summed E-state index contributed by atoms with van der Waals surface area (Å²) in [6.45, 7) is 5.12. The number of likely N-dealkylation sites (tertiary alicyclic amines) is 1. The van der Waals surface area contributed by atoms with E-state index < -0.39 is 5.41 Å². The Kier molecular flexibility index (Phi) is 7.67. The molecule has 0 radical (unpaired) electrons. The van der Waals surface area contributed by atoms with E-state index in [0.29, 0.717) is 6.61 Å². The molecule has 1 aliphatic heterocycles. The molecule has 3 nitrogen and oxygen atoms in total. The number of hydrogen-bond donors (Lipinski definition) is 0. The Morgan fingerprint density at radius 3 is 2.22 bits per heavy atom. The van der Waals surface area contributed by atoms with Gasteiger partial charge in [0.1, 0.15) is 0 Å². The molecule has 0 aromatic heterocycles. The van der Waals surface area contributed by atoms with Crippen LogP contribution in [0.3, 0.4) is 0 Å². The van der Waals surface area contributed by atoms with Gasteiger partial charge in [-0.05, 0) is 68.6 Å². The van der Waals surface area contributed by atoms with E-state index in [-0.39, 0.29) is 5.97 Å². The van der Waals surface area contributed by atoms with Crippen LogP contribution < -0.4 is 0 Å². The Morgan fingerprint density at radius 1 is 0.906 bits per heavy atom. The normalized spacial score (nSPS) is 15.9. The fraction of sp³-hybridized carbons (Fsp3) is 0.321. The van der Waals surface area contributed by atoms with Crippen LogP contribution in [0.2, 0.25) is 0 Å². The second-order valence-electron chi connectivity index (χ2n) is 8.29. The number of benzene rings is 3. The minimum atomic E-state index is -0.586. The lowest BCUT2D eigenvalue weighted by molar-refractivity contribution is -0.152. The molecular formula is C28H31NO2S. The van der Waals surface area contributed by atoms with E-state index in [1.165, 1.54) is 10.5 Å². The number of carbonyl (C=O) groups is 1. The summed E-state index contributed by atoms with van der Waals surface area (Å²) in [5.74, 6) is -0.0798. The van der Waals surface area contributed by atoms with Crippen LogP contribution in [0, 0.1) is 0 Å². The summed E-state index contributed by atoms with van der Waals surface area (Å²) in [6.07, 6.45) is 2.60. The van der Waals surface area contributed by atoms with Gasteiger partial charge in [-0.15, -0.1) is 0 Å². The first-order valence-corrected chi connectivity index (χ1v) is 12.3. The van der Waals surface area contributed by atoms with Crippen molar-refractivity contribution >= 4 is 17.7 Å². The molecule has 1 saturated heterocycles. The van der Waals surface area contributed by atoms with Gasteiger partial charge >= 0.3 is 5.97 Å². The van der Waals surface area contributed by atoms with E-state index in [4.69, 9.17) is 4.74 Å². The lowest BCUT2D eigenvalue weighted by Gasteiger charge is -2.41. The van der Waals surface area contributed by atoms with Crippen molar-refractivity contribution in [1.29, 1.82) is 0 Å². The maximum atomic E-state index is 13.4. The molecule has 0 spiro atoms. The maximum absolute atomic E-state index is 13.4. The molecule has 0 atom stereocenters. The number of piperidine rings is 1. The summed E-state index contributed by atoms with van der Waals surface area (Å²) in [5, 5.41) is 0. The number of nitrogens with zero attached hydrogens (tertiary/aromatic N) is 1. The van der Waals surface area contributed by atoms with E-state index >= 15 is 0 Å². The first-order valence-electron chi connectivity index (χ1n) is 11.5. The summed E-state index contributed by atoms with van der Waals surface area (Å²) in [6, 6.07) is 29.4. The molecule has 1 heterocycles. The fourth-order valence-corrected chi connectivity index (χ4v) is 5.58. The van der Waals surface area contributed by atoms with E-state index in [0.717, 1.165) is 49.4 Å². The quantitative estimate of drug-likeness (QED) is 0.399. The minimum absolute atomic E-state index is 0.0798. The summed E-state index contributed by atoms with van der Waals surface area (Å²) < 4.78 is 5.64. The molecule has 0 aliphatic carbocycles. The average Bonchev–Trinajstić information content (AvgIpc) is 2.85. The molecule has 32 heavy (non-hydrogen) atoms. The van der Waals surface area contributed by atoms with Crippen LogP contribution in [0.25, 0.3) is 0 Å². The van der Waals surface area contributed by atoms with Gasteiger partial charge in [0.2, 0.25) is 0 Å². The van der Waals surface area contributed by atoms with Crippen LogP contribution in [0.5, 0.6) is 0 Å². The van der Waals surface area contributed by atoms with Crippen molar-refractivity contribution < 1.29 is 9.53 Å². The highest BCUT2D eigenvalue weighted by Crippen LogP contribution is 2.43. The lowest BCUT2D eigenvalue weighted by atomic mass is 9.72. The zero-order chi connectivity index (χ0) is 22.2. The number of hydrogen-bond acceptors (Lipinski definition) is 4. The van der Waals surface area contributed by atoms with Gasteiger partial charge in [0, 0.05) is 16.3 Å². The van der Waals surface area contributed by atoms with Crippen molar-refractivity contribution in [2.75, 3.05) is 26.2 Å². The molecular weight excluding hydrogens is 414 g/mol. The van der Waals surface area contributed by atoms with Gasteiger partial charge in [0.25, 0.3) is 0 Å². The van der Waals surface area contributed by atoms with Crippen LogP contribution >= 0.6 is 11.8 Å². The Labute approximate surface area is 195 Å². The maximum Gasteiger partial charge on any atom is 0.316 e. The van der Waals surface area contributed by atoms with Crippen molar-refractivity contribution in [2.45, 2.75) is 41.4 Å². The van der Waals surface area contributed by atoms with Crippen LogP contribution in [-0.2, 0) is 21.4 Å². The van der Waals surface area contributed by atoms with Crippen LogP contribution in [-0.4, -0.2) is 37.1 Å². The molecule has 0 unspecified atom stereocenters. The predicted octanol–water partition coefficient (Wildman–Crippen LogP) is 5.98. The van der Waals surface area contributed by atoms with E-state index in [9.17, 15) is 4.79 Å². The van der Waals surface area contributed by atoms with Crippen molar-refractivity contribution in [3.05, 3.63) is 96.1 Å². The Hall–Kier alpha value is -2.56. The second-order valence-corrected chi connectivity index (χ2v) is 9.41. The standard InChI is InChI=1S/C28H31NO2S/c1-2-31-27(30)28(18-21-29(22-19-28)20-17-23-11-5-3-6-12-23)25-15-9-10-16-26(25)32-24-13-7-4-8-14-24/h3-16H,2,17-22H2,1H3. The van der Waals surface area contributed by atoms with Gasteiger partial charge in [0.15, 0.2) is 0 Å². The number of carbonyl (C=O) groups excluding carboxylic acids is 1. The topological polar surface area (TPSA) is 29.5 Å². The highest BCUT2D eigenvalue weighted by atomic mass is 32.2. The molecule has 1 fully saturated rings. The number of rotatable bonds is 8. The van der Waals surface area contributed by atoms with Gasteiger partial charge in [-0.1, -0.05) is 78.5 Å². The summed E-state index contributed by atoms with van der Waals surface area (Å²) in [7, 11) is 0. The van der Waals surface area contributed by atoms with Crippen molar-refractivity contribution in [2.24, 2.45) is 0 Å². The van der Waals surface area contributed by atoms with E-state index in [2.05, 4.69) is 77.7 Å². The number of esters is 1. The molecule has 3 aromatic rings. The molecule has 4 rings (SSSR count). The van der Waals surface area contributed by atoms with Crippen LogP contribution in [0.1, 0.15) is 30.9 Å².